The first-order chi connectivity index (χ1) is 7.25. The van der Waals surface area contributed by atoms with Gasteiger partial charge in [0.1, 0.15) is 0 Å². The SMILES string of the molecule is [N-]=[N+]=NCCC=Cc1cscc1C(=O)O. The summed E-state index contributed by atoms with van der Waals surface area (Å²) in [5, 5.41) is 15.5. The average molecular weight is 223 g/mol. The van der Waals surface area contributed by atoms with E-state index in [1.54, 1.807) is 22.9 Å². The standard InChI is InChI=1S/C9H9N3O2S/c10-12-11-4-2-1-3-7-5-15-6-8(7)9(13)14/h1,3,5-6H,2,4H2,(H,13,14). The Bertz CT molecular complexity index is 419. The van der Waals surface area contributed by atoms with Crippen molar-refractivity contribution in [2.75, 3.05) is 6.54 Å². The lowest BCUT2D eigenvalue weighted by Crippen LogP contribution is -1.95. The molecule has 0 aliphatic heterocycles. The lowest BCUT2D eigenvalue weighted by atomic mass is 10.2. The van der Waals surface area contributed by atoms with Crippen LogP contribution in [0.25, 0.3) is 16.5 Å². The topological polar surface area (TPSA) is 86.1 Å². The van der Waals surface area contributed by atoms with Crippen LogP contribution in [0.4, 0.5) is 0 Å². The van der Waals surface area contributed by atoms with Gasteiger partial charge in [-0.15, -0.1) is 0 Å². The fraction of sp³-hybridized carbons (Fsp3) is 0.222. The molecule has 1 aromatic rings. The Morgan fingerprint density at radius 1 is 1.67 bits per heavy atom. The highest BCUT2D eigenvalue weighted by atomic mass is 32.1. The van der Waals surface area contributed by atoms with Crippen LogP contribution in [0.15, 0.2) is 22.0 Å². The molecule has 78 valence electrons. The fourth-order valence-electron chi connectivity index (χ4n) is 0.997. The van der Waals surface area contributed by atoms with Gasteiger partial charge >= 0.3 is 5.97 Å². The predicted molar refractivity (Wildman–Crippen MR) is 58.9 cm³/mol. The summed E-state index contributed by atoms with van der Waals surface area (Å²) in [4.78, 5) is 13.3. The van der Waals surface area contributed by atoms with E-state index >= 15 is 0 Å². The van der Waals surface area contributed by atoms with E-state index in [-0.39, 0.29) is 0 Å². The van der Waals surface area contributed by atoms with E-state index in [1.165, 1.54) is 11.3 Å². The molecule has 0 fully saturated rings. The van der Waals surface area contributed by atoms with Crippen LogP contribution in [-0.4, -0.2) is 17.6 Å². The minimum Gasteiger partial charge on any atom is -0.478 e. The molecule has 0 amide bonds. The van der Waals surface area contributed by atoms with Crippen LogP contribution < -0.4 is 0 Å². The number of nitrogens with zero attached hydrogens (tertiary/aromatic N) is 3. The quantitative estimate of drug-likeness (QED) is 0.359. The number of hydrogen-bond acceptors (Lipinski definition) is 3. The molecule has 0 radical (unpaired) electrons. The summed E-state index contributed by atoms with van der Waals surface area (Å²) in [6.07, 6.45) is 4.13. The van der Waals surface area contributed by atoms with Gasteiger partial charge in [0.05, 0.1) is 5.56 Å². The van der Waals surface area contributed by atoms with Crippen LogP contribution >= 0.6 is 11.3 Å². The first-order valence-corrected chi connectivity index (χ1v) is 5.17. The molecule has 6 heteroatoms. The summed E-state index contributed by atoms with van der Waals surface area (Å²) in [6, 6.07) is 0. The van der Waals surface area contributed by atoms with E-state index in [0.717, 1.165) is 0 Å². The maximum Gasteiger partial charge on any atom is 0.337 e. The van der Waals surface area contributed by atoms with Crippen molar-refractivity contribution in [2.45, 2.75) is 6.42 Å². The summed E-state index contributed by atoms with van der Waals surface area (Å²) in [6.45, 7) is 0.388. The highest BCUT2D eigenvalue weighted by Crippen LogP contribution is 2.16. The van der Waals surface area contributed by atoms with Crippen LogP contribution in [0.3, 0.4) is 0 Å². The molecule has 1 aromatic heterocycles. The summed E-state index contributed by atoms with van der Waals surface area (Å²) in [5.74, 6) is -0.925. The Labute approximate surface area is 90.3 Å². The maximum atomic E-state index is 10.7. The van der Waals surface area contributed by atoms with Gasteiger partial charge in [-0.2, -0.15) is 11.3 Å². The van der Waals surface area contributed by atoms with Crippen molar-refractivity contribution < 1.29 is 9.90 Å². The second-order valence-electron chi connectivity index (χ2n) is 2.69. The number of hydrogen-bond donors (Lipinski definition) is 1. The fourth-order valence-corrected chi connectivity index (χ4v) is 1.79. The van der Waals surface area contributed by atoms with E-state index in [2.05, 4.69) is 10.0 Å². The van der Waals surface area contributed by atoms with Crippen molar-refractivity contribution >= 4 is 23.4 Å². The molecule has 0 spiro atoms. The third-order valence-corrected chi connectivity index (χ3v) is 2.44. The van der Waals surface area contributed by atoms with Crippen molar-refractivity contribution in [1.29, 1.82) is 0 Å². The third kappa shape index (κ3) is 3.46. The number of thiophene rings is 1. The average Bonchev–Trinajstić information content (AvgIpc) is 2.66. The van der Waals surface area contributed by atoms with Crippen molar-refractivity contribution in [1.82, 2.24) is 0 Å². The molecule has 0 saturated heterocycles. The molecule has 1 heterocycles. The highest BCUT2D eigenvalue weighted by Gasteiger charge is 2.07. The van der Waals surface area contributed by atoms with E-state index in [4.69, 9.17) is 10.6 Å². The maximum absolute atomic E-state index is 10.7. The third-order valence-electron chi connectivity index (χ3n) is 1.68. The van der Waals surface area contributed by atoms with Crippen molar-refractivity contribution in [2.24, 2.45) is 5.11 Å². The molecule has 0 aromatic carbocycles. The van der Waals surface area contributed by atoms with E-state index in [0.29, 0.717) is 24.1 Å². The summed E-state index contributed by atoms with van der Waals surface area (Å²) >= 11 is 1.35. The number of rotatable bonds is 5. The molecule has 1 rings (SSSR count). The summed E-state index contributed by atoms with van der Waals surface area (Å²) in [5.41, 5.74) is 9.02. The van der Waals surface area contributed by atoms with Gasteiger partial charge in [0, 0.05) is 16.8 Å². The Balaban J connectivity index is 2.60. The number of carbonyl (C=O) groups is 1. The van der Waals surface area contributed by atoms with E-state index in [9.17, 15) is 4.79 Å². The second-order valence-corrected chi connectivity index (χ2v) is 3.44. The monoisotopic (exact) mass is 223 g/mol. The molecule has 15 heavy (non-hydrogen) atoms. The lowest BCUT2D eigenvalue weighted by molar-refractivity contribution is 0.0697. The Kier molecular flexibility index (Phi) is 4.40. The van der Waals surface area contributed by atoms with Gasteiger partial charge in [0.25, 0.3) is 0 Å². The first kappa shape index (κ1) is 11.3. The molecular weight excluding hydrogens is 214 g/mol. The summed E-state index contributed by atoms with van der Waals surface area (Å²) < 4.78 is 0. The minimum absolute atomic E-state index is 0.306. The smallest absolute Gasteiger partial charge is 0.337 e. The number of azide groups is 1. The number of carboxylic acids is 1. The highest BCUT2D eigenvalue weighted by molar-refractivity contribution is 7.08. The largest absolute Gasteiger partial charge is 0.478 e. The Hall–Kier alpha value is -1.78. The molecule has 0 atom stereocenters. The van der Waals surface area contributed by atoms with Crippen LogP contribution in [0, 0.1) is 0 Å². The van der Waals surface area contributed by atoms with Crippen LogP contribution in [0.1, 0.15) is 22.3 Å². The first-order valence-electron chi connectivity index (χ1n) is 4.22. The number of carboxylic acid groups (broad SMARTS) is 1. The molecule has 1 N–H and O–H groups in total. The predicted octanol–water partition coefficient (Wildman–Crippen LogP) is 3.16. The van der Waals surface area contributed by atoms with Gasteiger partial charge in [-0.05, 0) is 22.9 Å². The van der Waals surface area contributed by atoms with Gasteiger partial charge in [-0.1, -0.05) is 17.3 Å². The molecular formula is C9H9N3O2S. The minimum atomic E-state index is -0.925. The zero-order chi connectivity index (χ0) is 11.1. The molecule has 0 saturated carbocycles. The zero-order valence-corrected chi connectivity index (χ0v) is 8.65. The normalized spacial score (nSPS) is 10.1. The van der Waals surface area contributed by atoms with E-state index in [1.807, 2.05) is 0 Å². The van der Waals surface area contributed by atoms with Gasteiger partial charge in [-0.25, -0.2) is 4.79 Å². The molecule has 0 unspecified atom stereocenters. The van der Waals surface area contributed by atoms with Crippen LogP contribution in [0.2, 0.25) is 0 Å². The Morgan fingerprint density at radius 3 is 3.13 bits per heavy atom. The lowest BCUT2D eigenvalue weighted by Gasteiger charge is -1.91. The van der Waals surface area contributed by atoms with Crippen LogP contribution in [-0.2, 0) is 0 Å². The zero-order valence-electron chi connectivity index (χ0n) is 7.83. The molecule has 5 nitrogen and oxygen atoms in total. The van der Waals surface area contributed by atoms with Crippen molar-refractivity contribution in [3.05, 3.63) is 38.4 Å². The number of aromatic carboxylic acids is 1. The molecule has 0 aliphatic carbocycles. The van der Waals surface area contributed by atoms with Crippen LogP contribution in [0.5, 0.6) is 0 Å². The second kappa shape index (κ2) is 5.85. The molecule has 0 bridgehead atoms. The van der Waals surface area contributed by atoms with E-state index < -0.39 is 5.97 Å². The van der Waals surface area contributed by atoms with Gasteiger partial charge in [-0.3, -0.25) is 0 Å². The van der Waals surface area contributed by atoms with Gasteiger partial charge in [0.2, 0.25) is 0 Å². The summed E-state index contributed by atoms with van der Waals surface area (Å²) in [7, 11) is 0. The van der Waals surface area contributed by atoms with Crippen molar-refractivity contribution in [3.63, 3.8) is 0 Å². The van der Waals surface area contributed by atoms with Crippen molar-refractivity contribution in [3.8, 4) is 0 Å². The Morgan fingerprint density at radius 2 is 2.47 bits per heavy atom. The van der Waals surface area contributed by atoms with Gasteiger partial charge in [0.15, 0.2) is 0 Å². The van der Waals surface area contributed by atoms with Gasteiger partial charge < -0.3 is 5.11 Å². The molecule has 0 aliphatic rings.